The molecule has 0 spiro atoms. The van der Waals surface area contributed by atoms with Crippen LogP contribution in [-0.2, 0) is 11.2 Å². The molecule has 1 N–H and O–H groups in total. The average molecular weight is 247 g/mol. The summed E-state index contributed by atoms with van der Waals surface area (Å²) in [7, 11) is 0. The molecule has 0 saturated carbocycles. The Kier molecular flexibility index (Phi) is 4.24. The van der Waals surface area contributed by atoms with Gasteiger partial charge in [0.15, 0.2) is 0 Å². The van der Waals surface area contributed by atoms with Crippen LogP contribution in [0.2, 0.25) is 0 Å². The number of anilines is 1. The second-order valence-corrected chi connectivity index (χ2v) is 5.26. The van der Waals surface area contributed by atoms with Crippen molar-refractivity contribution in [3.63, 3.8) is 0 Å². The molecule has 18 heavy (non-hydrogen) atoms. The van der Waals surface area contributed by atoms with E-state index < -0.39 is 5.97 Å². The number of rotatable bonds is 4. The molecule has 1 unspecified atom stereocenters. The van der Waals surface area contributed by atoms with Gasteiger partial charge in [-0.3, -0.25) is 4.79 Å². The smallest absolute Gasteiger partial charge is 0.303 e. The number of aliphatic carboxylic acids is 1. The summed E-state index contributed by atoms with van der Waals surface area (Å²) in [4.78, 5) is 13.0. The van der Waals surface area contributed by atoms with Gasteiger partial charge in [0.05, 0.1) is 0 Å². The number of hydrogen-bond acceptors (Lipinski definition) is 2. The fraction of sp³-hybridized carbons (Fsp3) is 0.533. The van der Waals surface area contributed by atoms with E-state index in [1.165, 1.54) is 18.5 Å². The van der Waals surface area contributed by atoms with Crippen LogP contribution in [-0.4, -0.2) is 24.2 Å². The molecule has 1 aromatic carbocycles. The van der Waals surface area contributed by atoms with Gasteiger partial charge in [-0.1, -0.05) is 19.1 Å². The number of benzene rings is 1. The molecule has 0 radical (unpaired) electrons. The van der Waals surface area contributed by atoms with Crippen molar-refractivity contribution in [3.8, 4) is 0 Å². The van der Waals surface area contributed by atoms with Crippen LogP contribution in [0.3, 0.4) is 0 Å². The molecule has 2 rings (SSSR count). The monoisotopic (exact) mass is 247 g/mol. The van der Waals surface area contributed by atoms with Crippen LogP contribution in [0.25, 0.3) is 0 Å². The molecular weight excluding hydrogens is 226 g/mol. The Hall–Kier alpha value is -1.51. The Labute approximate surface area is 108 Å². The van der Waals surface area contributed by atoms with E-state index in [2.05, 4.69) is 24.0 Å². The number of carboxylic acids is 1. The van der Waals surface area contributed by atoms with E-state index in [1.807, 2.05) is 12.1 Å². The summed E-state index contributed by atoms with van der Waals surface area (Å²) < 4.78 is 0. The summed E-state index contributed by atoms with van der Waals surface area (Å²) in [6.07, 6.45) is 3.39. The summed E-state index contributed by atoms with van der Waals surface area (Å²) in [5.74, 6) is 0.0217. The van der Waals surface area contributed by atoms with Gasteiger partial charge in [0, 0.05) is 25.2 Å². The Morgan fingerprint density at radius 2 is 2.33 bits per heavy atom. The number of nitrogens with zero attached hydrogens (tertiary/aromatic N) is 1. The second-order valence-electron chi connectivity index (χ2n) is 5.26. The summed E-state index contributed by atoms with van der Waals surface area (Å²) in [6.45, 7) is 4.52. The van der Waals surface area contributed by atoms with Gasteiger partial charge >= 0.3 is 5.97 Å². The molecule has 1 fully saturated rings. The molecule has 3 heteroatoms. The first kappa shape index (κ1) is 12.9. The third kappa shape index (κ3) is 3.49. The quantitative estimate of drug-likeness (QED) is 0.889. The molecule has 1 heterocycles. The zero-order valence-electron chi connectivity index (χ0n) is 10.9. The highest BCUT2D eigenvalue weighted by molar-refractivity contribution is 5.67. The molecule has 1 aliphatic heterocycles. The first-order valence-corrected chi connectivity index (χ1v) is 6.71. The van der Waals surface area contributed by atoms with E-state index in [4.69, 9.17) is 5.11 Å². The predicted octanol–water partition coefficient (Wildman–Crippen LogP) is 2.94. The van der Waals surface area contributed by atoms with Gasteiger partial charge in [-0.15, -0.1) is 0 Å². The number of carbonyl (C=O) groups is 1. The van der Waals surface area contributed by atoms with Gasteiger partial charge < -0.3 is 10.0 Å². The third-order valence-corrected chi connectivity index (χ3v) is 3.56. The molecule has 0 bridgehead atoms. The summed E-state index contributed by atoms with van der Waals surface area (Å²) in [6, 6.07) is 8.31. The Morgan fingerprint density at radius 3 is 3.06 bits per heavy atom. The zero-order valence-corrected chi connectivity index (χ0v) is 10.9. The fourth-order valence-electron chi connectivity index (χ4n) is 2.58. The lowest BCUT2D eigenvalue weighted by Gasteiger charge is -2.33. The van der Waals surface area contributed by atoms with Gasteiger partial charge in [0.1, 0.15) is 0 Å². The van der Waals surface area contributed by atoms with Crippen molar-refractivity contribution in [2.75, 3.05) is 18.0 Å². The Balaban J connectivity index is 2.04. The molecule has 1 saturated heterocycles. The van der Waals surface area contributed by atoms with Crippen molar-refractivity contribution in [2.45, 2.75) is 32.6 Å². The Bertz CT molecular complexity index is 417. The van der Waals surface area contributed by atoms with Crippen LogP contribution in [0, 0.1) is 5.92 Å². The van der Waals surface area contributed by atoms with Crippen molar-refractivity contribution in [3.05, 3.63) is 29.8 Å². The van der Waals surface area contributed by atoms with E-state index in [1.54, 1.807) is 0 Å². The molecule has 3 nitrogen and oxygen atoms in total. The molecule has 0 amide bonds. The minimum atomic E-state index is -0.730. The highest BCUT2D eigenvalue weighted by atomic mass is 16.4. The standard InChI is InChI=1S/C15H21NO2/c1-12-4-3-9-16(11-12)14-6-2-5-13(10-14)7-8-15(17)18/h2,5-6,10,12H,3-4,7-9,11H2,1H3,(H,17,18). The molecule has 0 aromatic heterocycles. The predicted molar refractivity (Wildman–Crippen MR) is 73.0 cm³/mol. The number of piperidine rings is 1. The zero-order chi connectivity index (χ0) is 13.0. The van der Waals surface area contributed by atoms with E-state index in [0.717, 1.165) is 24.6 Å². The molecule has 0 aliphatic carbocycles. The van der Waals surface area contributed by atoms with E-state index >= 15 is 0 Å². The van der Waals surface area contributed by atoms with Gasteiger partial charge in [0.2, 0.25) is 0 Å². The lowest BCUT2D eigenvalue weighted by molar-refractivity contribution is -0.136. The van der Waals surface area contributed by atoms with E-state index in [9.17, 15) is 4.79 Å². The number of aryl methyl sites for hydroxylation is 1. The maximum Gasteiger partial charge on any atom is 0.303 e. The minimum absolute atomic E-state index is 0.208. The van der Waals surface area contributed by atoms with Crippen molar-refractivity contribution in [2.24, 2.45) is 5.92 Å². The van der Waals surface area contributed by atoms with Gasteiger partial charge in [-0.25, -0.2) is 0 Å². The van der Waals surface area contributed by atoms with Crippen LogP contribution in [0.4, 0.5) is 5.69 Å². The largest absolute Gasteiger partial charge is 0.481 e. The third-order valence-electron chi connectivity index (χ3n) is 3.56. The maximum absolute atomic E-state index is 10.6. The minimum Gasteiger partial charge on any atom is -0.481 e. The lowest BCUT2D eigenvalue weighted by atomic mass is 9.99. The van der Waals surface area contributed by atoms with Crippen LogP contribution in [0.15, 0.2) is 24.3 Å². The molecule has 1 aliphatic rings. The molecule has 98 valence electrons. The average Bonchev–Trinajstić information content (AvgIpc) is 2.37. The SMILES string of the molecule is CC1CCCN(c2cccc(CCC(=O)O)c2)C1. The van der Waals surface area contributed by atoms with Crippen LogP contribution in [0.1, 0.15) is 31.7 Å². The highest BCUT2D eigenvalue weighted by Crippen LogP contribution is 2.24. The number of hydrogen-bond donors (Lipinski definition) is 1. The van der Waals surface area contributed by atoms with Crippen LogP contribution in [0.5, 0.6) is 0 Å². The first-order valence-electron chi connectivity index (χ1n) is 6.71. The van der Waals surface area contributed by atoms with Crippen LogP contribution < -0.4 is 4.90 Å². The van der Waals surface area contributed by atoms with Gasteiger partial charge in [-0.2, -0.15) is 0 Å². The topological polar surface area (TPSA) is 40.5 Å². The normalized spacial score (nSPS) is 19.8. The van der Waals surface area contributed by atoms with E-state index in [-0.39, 0.29) is 6.42 Å². The summed E-state index contributed by atoms with van der Waals surface area (Å²) >= 11 is 0. The van der Waals surface area contributed by atoms with Gasteiger partial charge in [-0.05, 0) is 42.9 Å². The van der Waals surface area contributed by atoms with Crippen molar-refractivity contribution in [1.82, 2.24) is 0 Å². The molecule has 1 atom stereocenters. The van der Waals surface area contributed by atoms with Crippen molar-refractivity contribution < 1.29 is 9.90 Å². The second kappa shape index (κ2) is 5.89. The lowest BCUT2D eigenvalue weighted by Crippen LogP contribution is -2.34. The van der Waals surface area contributed by atoms with Crippen molar-refractivity contribution >= 4 is 11.7 Å². The summed E-state index contributed by atoms with van der Waals surface area (Å²) in [5, 5.41) is 8.72. The molecular formula is C15H21NO2. The molecule has 1 aromatic rings. The first-order chi connectivity index (χ1) is 8.65. The Morgan fingerprint density at radius 1 is 1.50 bits per heavy atom. The van der Waals surface area contributed by atoms with E-state index in [0.29, 0.717) is 6.42 Å². The van der Waals surface area contributed by atoms with Gasteiger partial charge in [0.25, 0.3) is 0 Å². The summed E-state index contributed by atoms with van der Waals surface area (Å²) in [5.41, 5.74) is 2.36. The van der Waals surface area contributed by atoms with Crippen molar-refractivity contribution in [1.29, 1.82) is 0 Å². The fourth-order valence-corrected chi connectivity index (χ4v) is 2.58. The number of carboxylic acid groups (broad SMARTS) is 1. The highest BCUT2D eigenvalue weighted by Gasteiger charge is 2.16. The van der Waals surface area contributed by atoms with Crippen LogP contribution >= 0.6 is 0 Å². The maximum atomic E-state index is 10.6.